The number of thioether (sulfide) groups is 1. The first-order valence-corrected chi connectivity index (χ1v) is 11.8. The number of aromatic nitrogens is 4. The van der Waals surface area contributed by atoms with Gasteiger partial charge in [0.15, 0.2) is 9.84 Å². The summed E-state index contributed by atoms with van der Waals surface area (Å²) in [6.07, 6.45) is 0.514. The Labute approximate surface area is 163 Å². The molecule has 3 rings (SSSR count). The van der Waals surface area contributed by atoms with Gasteiger partial charge in [-0.25, -0.2) is 17.9 Å². The number of amides is 1. The van der Waals surface area contributed by atoms with Gasteiger partial charge in [0.25, 0.3) is 5.78 Å². The third-order valence-corrected chi connectivity index (χ3v) is 7.03. The first-order valence-electron chi connectivity index (χ1n) is 8.98. The summed E-state index contributed by atoms with van der Waals surface area (Å²) in [6, 6.07) is 1.69. The van der Waals surface area contributed by atoms with Crippen LogP contribution in [0.2, 0.25) is 0 Å². The first kappa shape index (κ1) is 20.1. The zero-order valence-corrected chi connectivity index (χ0v) is 17.7. The Morgan fingerprint density at radius 1 is 1.37 bits per heavy atom. The molecule has 0 saturated carbocycles. The van der Waals surface area contributed by atoms with Gasteiger partial charge in [-0.15, -0.1) is 5.10 Å². The summed E-state index contributed by atoms with van der Waals surface area (Å²) in [5, 5.41) is 4.90. The zero-order chi connectivity index (χ0) is 19.8. The Kier molecular flexibility index (Phi) is 5.76. The van der Waals surface area contributed by atoms with Crippen molar-refractivity contribution in [2.24, 2.45) is 5.92 Å². The molecule has 2 aromatic rings. The van der Waals surface area contributed by atoms with Crippen molar-refractivity contribution in [1.29, 1.82) is 0 Å². The molecule has 1 fully saturated rings. The van der Waals surface area contributed by atoms with Gasteiger partial charge in [-0.3, -0.25) is 4.79 Å². The number of sulfone groups is 1. The van der Waals surface area contributed by atoms with Crippen LogP contribution in [0.4, 0.5) is 0 Å². The summed E-state index contributed by atoms with van der Waals surface area (Å²) in [5.41, 5.74) is 1.80. The monoisotopic (exact) mass is 411 g/mol. The van der Waals surface area contributed by atoms with Crippen LogP contribution in [-0.4, -0.2) is 68.7 Å². The molecule has 1 amide bonds. The van der Waals surface area contributed by atoms with Crippen LogP contribution in [-0.2, 0) is 14.6 Å². The van der Waals surface area contributed by atoms with Crippen molar-refractivity contribution >= 4 is 33.3 Å². The Morgan fingerprint density at radius 2 is 2.11 bits per heavy atom. The molecule has 148 valence electrons. The smallest absolute Gasteiger partial charge is 0.253 e. The molecule has 27 heavy (non-hydrogen) atoms. The van der Waals surface area contributed by atoms with Crippen LogP contribution in [0.15, 0.2) is 11.2 Å². The second-order valence-corrected chi connectivity index (χ2v) is 10.6. The predicted molar refractivity (Wildman–Crippen MR) is 105 cm³/mol. The Bertz CT molecular complexity index is 955. The third kappa shape index (κ3) is 4.78. The van der Waals surface area contributed by atoms with E-state index in [0.717, 1.165) is 11.4 Å². The number of rotatable bonds is 6. The molecule has 1 aliphatic rings. The SMILES string of the molecule is Cc1cc(C)n2nc(SCC(=O)N(CC(C)C)[C@H]3CCS(=O)(=O)C3)nc2n1. The fraction of sp³-hybridized carbons (Fsp3) is 0.647. The molecule has 0 bridgehead atoms. The summed E-state index contributed by atoms with van der Waals surface area (Å²) in [7, 11) is -3.04. The molecule has 3 heterocycles. The molecule has 0 spiro atoms. The molecule has 0 aromatic carbocycles. The Hall–Kier alpha value is -1.68. The van der Waals surface area contributed by atoms with Crippen molar-refractivity contribution in [3.05, 3.63) is 17.5 Å². The van der Waals surface area contributed by atoms with E-state index in [1.54, 1.807) is 9.42 Å². The second-order valence-electron chi connectivity index (χ2n) is 7.43. The highest BCUT2D eigenvalue weighted by Gasteiger charge is 2.34. The molecule has 1 aliphatic heterocycles. The lowest BCUT2D eigenvalue weighted by atomic mass is 10.1. The Balaban J connectivity index is 1.71. The maximum absolute atomic E-state index is 12.8. The molecule has 10 heteroatoms. The van der Waals surface area contributed by atoms with Crippen molar-refractivity contribution in [1.82, 2.24) is 24.5 Å². The van der Waals surface area contributed by atoms with Gasteiger partial charge in [-0.1, -0.05) is 25.6 Å². The van der Waals surface area contributed by atoms with E-state index in [0.29, 0.717) is 23.9 Å². The number of carbonyl (C=O) groups excluding carboxylic acids is 1. The summed E-state index contributed by atoms with van der Waals surface area (Å²) < 4.78 is 25.3. The van der Waals surface area contributed by atoms with Crippen LogP contribution in [0.1, 0.15) is 31.7 Å². The van der Waals surface area contributed by atoms with Crippen molar-refractivity contribution < 1.29 is 13.2 Å². The number of hydrogen-bond donors (Lipinski definition) is 0. The molecule has 1 atom stereocenters. The topological polar surface area (TPSA) is 97.5 Å². The third-order valence-electron chi connectivity index (χ3n) is 4.45. The van der Waals surface area contributed by atoms with Gasteiger partial charge >= 0.3 is 0 Å². The van der Waals surface area contributed by atoms with Gasteiger partial charge in [0, 0.05) is 24.0 Å². The number of hydrogen-bond acceptors (Lipinski definition) is 7. The molecule has 0 N–H and O–H groups in total. The van der Waals surface area contributed by atoms with Crippen LogP contribution >= 0.6 is 11.8 Å². The molecule has 1 saturated heterocycles. The van der Waals surface area contributed by atoms with E-state index in [9.17, 15) is 13.2 Å². The summed E-state index contributed by atoms with van der Waals surface area (Å²) in [6.45, 7) is 8.44. The van der Waals surface area contributed by atoms with E-state index in [1.807, 2.05) is 33.8 Å². The number of aryl methyl sites for hydroxylation is 2. The van der Waals surface area contributed by atoms with Gasteiger partial charge in [-0.2, -0.15) is 4.98 Å². The van der Waals surface area contributed by atoms with Gasteiger partial charge < -0.3 is 4.90 Å². The summed E-state index contributed by atoms with van der Waals surface area (Å²) in [4.78, 5) is 23.3. The van der Waals surface area contributed by atoms with Crippen molar-refractivity contribution in [3.8, 4) is 0 Å². The number of carbonyl (C=O) groups is 1. The highest BCUT2D eigenvalue weighted by Crippen LogP contribution is 2.22. The highest BCUT2D eigenvalue weighted by atomic mass is 32.2. The van der Waals surface area contributed by atoms with Crippen molar-refractivity contribution in [2.75, 3.05) is 23.8 Å². The fourth-order valence-corrected chi connectivity index (χ4v) is 5.72. The molecule has 0 aliphatic carbocycles. The number of nitrogens with zero attached hydrogens (tertiary/aromatic N) is 5. The maximum atomic E-state index is 12.8. The van der Waals surface area contributed by atoms with E-state index in [4.69, 9.17) is 0 Å². The van der Waals surface area contributed by atoms with Gasteiger partial charge in [-0.05, 0) is 32.3 Å². The van der Waals surface area contributed by atoms with E-state index in [2.05, 4.69) is 15.1 Å². The average molecular weight is 412 g/mol. The lowest BCUT2D eigenvalue weighted by Crippen LogP contribution is -2.44. The van der Waals surface area contributed by atoms with Crippen molar-refractivity contribution in [2.45, 2.75) is 45.3 Å². The highest BCUT2D eigenvalue weighted by molar-refractivity contribution is 7.99. The van der Waals surface area contributed by atoms with Crippen LogP contribution in [0, 0.1) is 19.8 Å². The van der Waals surface area contributed by atoms with E-state index in [1.165, 1.54) is 11.8 Å². The quantitative estimate of drug-likeness (QED) is 0.665. The van der Waals surface area contributed by atoms with E-state index >= 15 is 0 Å². The summed E-state index contributed by atoms with van der Waals surface area (Å²) >= 11 is 1.26. The maximum Gasteiger partial charge on any atom is 0.253 e. The minimum atomic E-state index is -3.04. The summed E-state index contributed by atoms with van der Waals surface area (Å²) in [5.74, 6) is 1.11. The normalized spacial score (nSPS) is 19.1. The fourth-order valence-electron chi connectivity index (χ4n) is 3.29. The van der Waals surface area contributed by atoms with Crippen LogP contribution in [0.3, 0.4) is 0 Å². The van der Waals surface area contributed by atoms with Crippen LogP contribution in [0.5, 0.6) is 0 Å². The lowest BCUT2D eigenvalue weighted by Gasteiger charge is -2.29. The largest absolute Gasteiger partial charge is 0.338 e. The minimum Gasteiger partial charge on any atom is -0.338 e. The van der Waals surface area contributed by atoms with Crippen molar-refractivity contribution in [3.63, 3.8) is 0 Å². The van der Waals surface area contributed by atoms with Crippen LogP contribution < -0.4 is 0 Å². The van der Waals surface area contributed by atoms with Crippen LogP contribution in [0.25, 0.3) is 5.78 Å². The minimum absolute atomic E-state index is 0.0606. The second kappa shape index (κ2) is 7.75. The van der Waals surface area contributed by atoms with E-state index < -0.39 is 9.84 Å². The Morgan fingerprint density at radius 3 is 2.74 bits per heavy atom. The molecule has 0 unspecified atom stereocenters. The lowest BCUT2D eigenvalue weighted by molar-refractivity contribution is -0.130. The van der Waals surface area contributed by atoms with E-state index in [-0.39, 0.29) is 35.1 Å². The molecular formula is C17H25N5O3S2. The molecule has 2 aromatic heterocycles. The molecule has 8 nitrogen and oxygen atoms in total. The van der Waals surface area contributed by atoms with Gasteiger partial charge in [0.1, 0.15) is 0 Å². The first-order chi connectivity index (χ1) is 12.6. The molecule has 0 radical (unpaired) electrons. The molecular weight excluding hydrogens is 386 g/mol. The predicted octanol–water partition coefficient (Wildman–Crippen LogP) is 1.50. The zero-order valence-electron chi connectivity index (χ0n) is 16.0. The van der Waals surface area contributed by atoms with Gasteiger partial charge in [0.2, 0.25) is 11.1 Å². The van der Waals surface area contributed by atoms with Gasteiger partial charge in [0.05, 0.1) is 17.3 Å². The average Bonchev–Trinajstić information content (AvgIpc) is 3.13. The number of fused-ring (bicyclic) bond motifs is 1. The standard InChI is InChI=1S/C17H25N5O3S2/c1-11(2)8-21(14-5-6-27(24,25)10-14)15(23)9-26-17-19-16-18-12(3)7-13(4)22(16)20-17/h7,11,14H,5-6,8-10H2,1-4H3/t14-/m0/s1.